The Morgan fingerprint density at radius 2 is 1.71 bits per heavy atom. The summed E-state index contributed by atoms with van der Waals surface area (Å²) in [5.74, 6) is -0.779. The Labute approximate surface area is 200 Å². The Morgan fingerprint density at radius 1 is 0.971 bits per heavy atom. The number of benzene rings is 3. The van der Waals surface area contributed by atoms with Crippen molar-refractivity contribution in [3.63, 3.8) is 0 Å². The van der Waals surface area contributed by atoms with Crippen molar-refractivity contribution in [3.05, 3.63) is 77.4 Å². The number of nitrogens with one attached hydrogen (secondary N) is 1. The Hall–Kier alpha value is -3.38. The summed E-state index contributed by atoms with van der Waals surface area (Å²) in [6.45, 7) is 5.87. The normalized spacial score (nSPS) is 17.5. The van der Waals surface area contributed by atoms with Crippen LogP contribution in [0.4, 0.5) is 5.69 Å². The molecule has 0 unspecified atom stereocenters. The van der Waals surface area contributed by atoms with Crippen LogP contribution in [0.15, 0.2) is 60.7 Å². The average molecular weight is 458 g/mol. The number of rotatable bonds is 7. The number of aliphatic carboxylic acids is 1. The Balaban J connectivity index is 1.31. The van der Waals surface area contributed by atoms with Crippen molar-refractivity contribution in [1.29, 1.82) is 0 Å². The van der Waals surface area contributed by atoms with Gasteiger partial charge in [-0.05, 0) is 53.8 Å². The van der Waals surface area contributed by atoms with Crippen LogP contribution in [0.3, 0.4) is 0 Å². The molecule has 1 aliphatic heterocycles. The highest BCUT2D eigenvalue weighted by molar-refractivity contribution is 5.98. The smallest absolute Gasteiger partial charge is 0.304 e. The van der Waals surface area contributed by atoms with Crippen LogP contribution >= 0.6 is 0 Å². The molecule has 0 spiro atoms. The van der Waals surface area contributed by atoms with Crippen molar-refractivity contribution >= 4 is 28.3 Å². The van der Waals surface area contributed by atoms with E-state index >= 15 is 0 Å². The Kier molecular flexibility index (Phi) is 6.00. The molecule has 0 aromatic heterocycles. The van der Waals surface area contributed by atoms with Gasteiger partial charge in [-0.15, -0.1) is 0 Å². The van der Waals surface area contributed by atoms with Crippen LogP contribution in [-0.4, -0.2) is 54.6 Å². The molecule has 176 valence electrons. The van der Waals surface area contributed by atoms with Gasteiger partial charge in [-0.2, -0.15) is 0 Å². The minimum atomic E-state index is -0.756. The SMILES string of the molecule is Cc1ccc(N2CCN(CCC(=O)O)CC2)cc1C(=O)NC1(c2cccc3ccccc23)CC1. The molecular weight excluding hydrogens is 426 g/mol. The van der Waals surface area contributed by atoms with Crippen LogP contribution in [0.5, 0.6) is 0 Å². The number of fused-ring (bicyclic) bond motifs is 1. The van der Waals surface area contributed by atoms with Crippen LogP contribution in [0.2, 0.25) is 0 Å². The molecule has 1 amide bonds. The van der Waals surface area contributed by atoms with Crippen molar-refractivity contribution < 1.29 is 14.7 Å². The number of carbonyl (C=O) groups is 2. The number of carboxylic acid groups (broad SMARTS) is 1. The van der Waals surface area contributed by atoms with Crippen molar-refractivity contribution in [2.45, 2.75) is 31.7 Å². The highest BCUT2D eigenvalue weighted by Crippen LogP contribution is 2.48. The predicted octanol–water partition coefficient (Wildman–Crippen LogP) is 4.16. The first-order valence-corrected chi connectivity index (χ1v) is 12.1. The number of nitrogens with zero attached hydrogens (tertiary/aromatic N) is 2. The quantitative estimate of drug-likeness (QED) is 0.557. The second-order valence-electron chi connectivity index (χ2n) is 9.53. The van der Waals surface area contributed by atoms with Gasteiger partial charge in [-0.3, -0.25) is 14.5 Å². The number of hydrogen-bond donors (Lipinski definition) is 2. The lowest BCUT2D eigenvalue weighted by atomic mass is 9.96. The highest BCUT2D eigenvalue weighted by atomic mass is 16.4. The predicted molar refractivity (Wildman–Crippen MR) is 134 cm³/mol. The summed E-state index contributed by atoms with van der Waals surface area (Å²) in [6, 6.07) is 20.8. The number of piperazine rings is 1. The summed E-state index contributed by atoms with van der Waals surface area (Å²) >= 11 is 0. The van der Waals surface area contributed by atoms with Gasteiger partial charge in [0.05, 0.1) is 12.0 Å². The molecule has 6 nitrogen and oxygen atoms in total. The maximum atomic E-state index is 13.5. The first-order chi connectivity index (χ1) is 16.4. The molecule has 1 saturated carbocycles. The maximum Gasteiger partial charge on any atom is 0.304 e. The molecule has 2 N–H and O–H groups in total. The molecule has 6 heteroatoms. The number of carbonyl (C=O) groups excluding carboxylic acids is 1. The van der Waals surface area contributed by atoms with Crippen molar-refractivity contribution in [2.24, 2.45) is 0 Å². The molecule has 2 fully saturated rings. The lowest BCUT2D eigenvalue weighted by Gasteiger charge is -2.36. The third kappa shape index (κ3) is 4.50. The standard InChI is InChI=1S/C28H31N3O3/c1-20-9-10-22(31-17-15-30(16-18-31)14-11-26(32)33)19-24(20)27(34)29-28(12-13-28)25-8-4-6-21-5-2-3-7-23(21)25/h2-10,19H,11-18H2,1H3,(H,29,34)(H,32,33). The van der Waals surface area contributed by atoms with Crippen LogP contribution in [0.25, 0.3) is 10.8 Å². The van der Waals surface area contributed by atoms with E-state index in [1.807, 2.05) is 25.1 Å². The number of hydrogen-bond acceptors (Lipinski definition) is 4. The largest absolute Gasteiger partial charge is 0.481 e. The fourth-order valence-corrected chi connectivity index (χ4v) is 5.05. The summed E-state index contributed by atoms with van der Waals surface area (Å²) in [6.07, 6.45) is 2.07. The molecule has 34 heavy (non-hydrogen) atoms. The van der Waals surface area contributed by atoms with Gasteiger partial charge in [0, 0.05) is 44.0 Å². The van der Waals surface area contributed by atoms with Crippen LogP contribution in [0.1, 0.15) is 40.7 Å². The van der Waals surface area contributed by atoms with Gasteiger partial charge < -0.3 is 15.3 Å². The fraction of sp³-hybridized carbons (Fsp3) is 0.357. The van der Waals surface area contributed by atoms with Gasteiger partial charge in [0.1, 0.15) is 0 Å². The average Bonchev–Trinajstić information content (AvgIpc) is 3.63. The van der Waals surface area contributed by atoms with E-state index in [4.69, 9.17) is 5.11 Å². The van der Waals surface area contributed by atoms with Gasteiger partial charge in [0.15, 0.2) is 0 Å². The minimum Gasteiger partial charge on any atom is -0.481 e. The lowest BCUT2D eigenvalue weighted by molar-refractivity contribution is -0.137. The number of amides is 1. The van der Waals surface area contributed by atoms with E-state index < -0.39 is 5.97 Å². The summed E-state index contributed by atoms with van der Waals surface area (Å²) < 4.78 is 0. The van der Waals surface area contributed by atoms with Crippen molar-refractivity contribution in [2.75, 3.05) is 37.6 Å². The van der Waals surface area contributed by atoms with Crippen LogP contribution in [0, 0.1) is 6.92 Å². The van der Waals surface area contributed by atoms with Crippen molar-refractivity contribution in [1.82, 2.24) is 10.2 Å². The molecule has 5 rings (SSSR count). The lowest BCUT2D eigenvalue weighted by Crippen LogP contribution is -2.47. The Morgan fingerprint density at radius 3 is 2.44 bits per heavy atom. The molecule has 0 atom stereocenters. The molecule has 0 radical (unpaired) electrons. The zero-order valence-corrected chi connectivity index (χ0v) is 19.6. The molecular formula is C28H31N3O3. The summed E-state index contributed by atoms with van der Waals surface area (Å²) in [7, 11) is 0. The number of carboxylic acids is 1. The van der Waals surface area contributed by atoms with Crippen molar-refractivity contribution in [3.8, 4) is 0 Å². The second-order valence-corrected chi connectivity index (χ2v) is 9.53. The maximum absolute atomic E-state index is 13.5. The van der Waals surface area contributed by atoms with E-state index in [1.54, 1.807) is 0 Å². The topological polar surface area (TPSA) is 72.9 Å². The molecule has 1 heterocycles. The molecule has 2 aliphatic rings. The van der Waals surface area contributed by atoms with E-state index in [9.17, 15) is 9.59 Å². The highest BCUT2D eigenvalue weighted by Gasteiger charge is 2.46. The van der Waals surface area contributed by atoms with E-state index in [0.717, 1.165) is 55.8 Å². The molecule has 3 aromatic carbocycles. The van der Waals surface area contributed by atoms with E-state index in [0.29, 0.717) is 6.54 Å². The van der Waals surface area contributed by atoms with Gasteiger partial charge in [0.2, 0.25) is 0 Å². The zero-order chi connectivity index (χ0) is 23.7. The second kappa shape index (κ2) is 9.11. The van der Waals surface area contributed by atoms with Crippen LogP contribution in [-0.2, 0) is 10.3 Å². The van der Waals surface area contributed by atoms with Gasteiger partial charge in [-0.25, -0.2) is 0 Å². The van der Waals surface area contributed by atoms with E-state index in [2.05, 4.69) is 57.6 Å². The molecule has 1 saturated heterocycles. The molecule has 1 aliphatic carbocycles. The Bertz CT molecular complexity index is 1220. The monoisotopic (exact) mass is 457 g/mol. The zero-order valence-electron chi connectivity index (χ0n) is 19.6. The first kappa shape index (κ1) is 22.4. The number of anilines is 1. The van der Waals surface area contributed by atoms with Gasteiger partial charge in [0.25, 0.3) is 5.91 Å². The summed E-state index contributed by atoms with van der Waals surface area (Å²) in [4.78, 5) is 28.8. The summed E-state index contributed by atoms with van der Waals surface area (Å²) in [5, 5.41) is 14.7. The molecule has 3 aromatic rings. The van der Waals surface area contributed by atoms with Crippen LogP contribution < -0.4 is 10.2 Å². The third-order valence-electron chi connectivity index (χ3n) is 7.25. The van der Waals surface area contributed by atoms with Gasteiger partial charge in [-0.1, -0.05) is 48.5 Å². The minimum absolute atomic E-state index is 0.0233. The van der Waals surface area contributed by atoms with E-state index in [-0.39, 0.29) is 17.9 Å². The third-order valence-corrected chi connectivity index (χ3v) is 7.25. The first-order valence-electron chi connectivity index (χ1n) is 12.1. The fourth-order valence-electron chi connectivity index (χ4n) is 5.05. The van der Waals surface area contributed by atoms with E-state index in [1.165, 1.54) is 16.3 Å². The molecule has 0 bridgehead atoms. The van der Waals surface area contributed by atoms with Gasteiger partial charge >= 0.3 is 5.97 Å². The number of aryl methyl sites for hydroxylation is 1. The summed E-state index contributed by atoms with van der Waals surface area (Å²) in [5.41, 5.74) is 3.64.